The van der Waals surface area contributed by atoms with Gasteiger partial charge in [0.2, 0.25) is 0 Å². The lowest BCUT2D eigenvalue weighted by Crippen LogP contribution is -2.28. The van der Waals surface area contributed by atoms with E-state index in [-0.39, 0.29) is 5.41 Å². The second-order valence-electron chi connectivity index (χ2n) is 3.60. The molecular weight excluding hydrogens is 138 g/mol. The van der Waals surface area contributed by atoms with Gasteiger partial charge in [0, 0.05) is 18.9 Å². The van der Waals surface area contributed by atoms with E-state index in [1.54, 1.807) is 6.20 Å². The van der Waals surface area contributed by atoms with Crippen molar-refractivity contribution in [2.24, 2.45) is 11.1 Å². The molecule has 0 amide bonds. The Bertz CT molecular complexity index is 201. The number of hydrogen-bond acceptors (Lipinski definition) is 2. The van der Waals surface area contributed by atoms with Crippen molar-refractivity contribution in [2.45, 2.75) is 20.4 Å². The van der Waals surface area contributed by atoms with Gasteiger partial charge >= 0.3 is 0 Å². The van der Waals surface area contributed by atoms with E-state index in [1.165, 1.54) is 0 Å². The Morgan fingerprint density at radius 1 is 1.55 bits per heavy atom. The molecule has 0 fully saturated rings. The van der Waals surface area contributed by atoms with Crippen LogP contribution in [0.2, 0.25) is 0 Å². The van der Waals surface area contributed by atoms with Gasteiger partial charge in [-0.1, -0.05) is 13.8 Å². The molecular formula is C8H15N3. The molecule has 0 atom stereocenters. The van der Waals surface area contributed by atoms with Gasteiger partial charge in [0.1, 0.15) is 0 Å². The number of hydrogen-bond donors (Lipinski definition) is 1. The summed E-state index contributed by atoms with van der Waals surface area (Å²) >= 11 is 0. The molecule has 1 aromatic rings. The first-order valence-electron chi connectivity index (χ1n) is 3.80. The quantitative estimate of drug-likeness (QED) is 0.700. The molecule has 1 rings (SSSR count). The average molecular weight is 153 g/mol. The van der Waals surface area contributed by atoms with E-state index in [9.17, 15) is 0 Å². The van der Waals surface area contributed by atoms with Crippen molar-refractivity contribution in [1.82, 2.24) is 9.55 Å². The minimum absolute atomic E-state index is 0.167. The van der Waals surface area contributed by atoms with Crippen molar-refractivity contribution in [1.29, 1.82) is 0 Å². The van der Waals surface area contributed by atoms with Gasteiger partial charge < -0.3 is 10.3 Å². The Balaban J connectivity index is 2.56. The zero-order valence-corrected chi connectivity index (χ0v) is 7.12. The van der Waals surface area contributed by atoms with Gasteiger partial charge in [-0.2, -0.15) is 0 Å². The van der Waals surface area contributed by atoms with Gasteiger partial charge in [0.05, 0.1) is 6.33 Å². The summed E-state index contributed by atoms with van der Waals surface area (Å²) in [7, 11) is 0. The van der Waals surface area contributed by atoms with E-state index in [0.717, 1.165) is 6.54 Å². The Hall–Kier alpha value is -0.830. The van der Waals surface area contributed by atoms with Crippen molar-refractivity contribution in [3.8, 4) is 0 Å². The third-order valence-electron chi connectivity index (χ3n) is 1.72. The van der Waals surface area contributed by atoms with Crippen LogP contribution >= 0.6 is 0 Å². The zero-order chi connectivity index (χ0) is 8.32. The fourth-order valence-electron chi connectivity index (χ4n) is 0.939. The molecule has 2 N–H and O–H groups in total. The van der Waals surface area contributed by atoms with Gasteiger partial charge in [0.15, 0.2) is 0 Å². The van der Waals surface area contributed by atoms with Crippen LogP contribution in [0.25, 0.3) is 0 Å². The maximum Gasteiger partial charge on any atom is 0.0946 e. The van der Waals surface area contributed by atoms with Crippen molar-refractivity contribution in [2.75, 3.05) is 6.54 Å². The van der Waals surface area contributed by atoms with Crippen LogP contribution in [0.3, 0.4) is 0 Å². The first-order chi connectivity index (χ1) is 5.14. The molecule has 0 bridgehead atoms. The molecule has 62 valence electrons. The predicted molar refractivity (Wildman–Crippen MR) is 45.1 cm³/mol. The molecule has 0 aliphatic rings. The Kier molecular flexibility index (Phi) is 2.29. The summed E-state index contributed by atoms with van der Waals surface area (Å²) in [5.74, 6) is 0. The normalized spacial score (nSPS) is 11.9. The largest absolute Gasteiger partial charge is 0.337 e. The molecule has 11 heavy (non-hydrogen) atoms. The number of imidazole rings is 1. The second-order valence-corrected chi connectivity index (χ2v) is 3.60. The first-order valence-corrected chi connectivity index (χ1v) is 3.80. The predicted octanol–water partition coefficient (Wildman–Crippen LogP) is 0.868. The molecule has 0 saturated carbocycles. The maximum absolute atomic E-state index is 5.59. The highest BCUT2D eigenvalue weighted by atomic mass is 15.0. The molecule has 1 heterocycles. The molecule has 0 aliphatic carbocycles. The molecule has 0 spiro atoms. The highest BCUT2D eigenvalue weighted by molar-refractivity contribution is 4.79. The van der Waals surface area contributed by atoms with Crippen LogP contribution in [-0.4, -0.2) is 16.1 Å². The molecule has 0 aliphatic heterocycles. The smallest absolute Gasteiger partial charge is 0.0946 e. The van der Waals surface area contributed by atoms with Crippen LogP contribution < -0.4 is 5.73 Å². The summed E-state index contributed by atoms with van der Waals surface area (Å²) in [6.45, 7) is 5.93. The van der Waals surface area contributed by atoms with Crippen molar-refractivity contribution in [3.05, 3.63) is 18.7 Å². The Labute approximate surface area is 67.2 Å². The number of nitrogens with zero attached hydrogens (tertiary/aromatic N) is 2. The average Bonchev–Trinajstić information content (AvgIpc) is 2.39. The number of rotatable bonds is 3. The Morgan fingerprint density at radius 2 is 2.27 bits per heavy atom. The third kappa shape index (κ3) is 2.35. The fraction of sp³-hybridized carbons (Fsp3) is 0.625. The molecule has 0 aromatic carbocycles. The lowest BCUT2D eigenvalue weighted by molar-refractivity contribution is 0.317. The van der Waals surface area contributed by atoms with E-state index in [2.05, 4.69) is 18.8 Å². The number of nitrogens with two attached hydrogens (primary N) is 1. The maximum atomic E-state index is 5.59. The zero-order valence-electron chi connectivity index (χ0n) is 7.12. The van der Waals surface area contributed by atoms with Crippen molar-refractivity contribution >= 4 is 0 Å². The molecule has 3 nitrogen and oxygen atoms in total. The van der Waals surface area contributed by atoms with E-state index in [0.29, 0.717) is 6.54 Å². The summed E-state index contributed by atoms with van der Waals surface area (Å²) in [6.07, 6.45) is 5.56. The minimum Gasteiger partial charge on any atom is -0.337 e. The summed E-state index contributed by atoms with van der Waals surface area (Å²) in [5, 5.41) is 0. The lowest BCUT2D eigenvalue weighted by atomic mass is 9.94. The Morgan fingerprint density at radius 3 is 2.73 bits per heavy atom. The molecule has 1 aromatic heterocycles. The third-order valence-corrected chi connectivity index (χ3v) is 1.72. The van der Waals surface area contributed by atoms with E-state index in [1.807, 2.05) is 17.1 Å². The van der Waals surface area contributed by atoms with Gasteiger partial charge in [-0.15, -0.1) is 0 Å². The van der Waals surface area contributed by atoms with Crippen LogP contribution in [0.5, 0.6) is 0 Å². The molecule has 0 unspecified atom stereocenters. The van der Waals surface area contributed by atoms with Crippen LogP contribution in [0.1, 0.15) is 13.8 Å². The van der Waals surface area contributed by atoms with Gasteiger partial charge in [0.25, 0.3) is 0 Å². The second kappa shape index (κ2) is 3.05. The van der Waals surface area contributed by atoms with Crippen LogP contribution in [-0.2, 0) is 6.54 Å². The van der Waals surface area contributed by atoms with Gasteiger partial charge in [-0.25, -0.2) is 4.98 Å². The highest BCUT2D eigenvalue weighted by Gasteiger charge is 2.15. The summed E-state index contributed by atoms with van der Waals surface area (Å²) in [6, 6.07) is 0. The highest BCUT2D eigenvalue weighted by Crippen LogP contribution is 2.14. The SMILES string of the molecule is CC(C)(CN)Cn1ccnc1. The lowest BCUT2D eigenvalue weighted by Gasteiger charge is -2.22. The van der Waals surface area contributed by atoms with Crippen molar-refractivity contribution < 1.29 is 0 Å². The fourth-order valence-corrected chi connectivity index (χ4v) is 0.939. The number of aromatic nitrogens is 2. The van der Waals surface area contributed by atoms with Crippen LogP contribution in [0.4, 0.5) is 0 Å². The first kappa shape index (κ1) is 8.27. The molecule has 3 heteroatoms. The van der Waals surface area contributed by atoms with Crippen LogP contribution in [0.15, 0.2) is 18.7 Å². The van der Waals surface area contributed by atoms with E-state index in [4.69, 9.17) is 5.73 Å². The van der Waals surface area contributed by atoms with E-state index >= 15 is 0 Å². The van der Waals surface area contributed by atoms with Gasteiger partial charge in [-0.3, -0.25) is 0 Å². The summed E-state index contributed by atoms with van der Waals surface area (Å²) in [4.78, 5) is 3.96. The standard InChI is InChI=1S/C8H15N3/c1-8(2,5-9)6-11-4-3-10-7-11/h3-4,7H,5-6,9H2,1-2H3. The van der Waals surface area contributed by atoms with Crippen LogP contribution in [0, 0.1) is 5.41 Å². The molecule has 0 radical (unpaired) electrons. The summed E-state index contributed by atoms with van der Waals surface area (Å²) < 4.78 is 2.05. The monoisotopic (exact) mass is 153 g/mol. The topological polar surface area (TPSA) is 43.8 Å². The van der Waals surface area contributed by atoms with E-state index < -0.39 is 0 Å². The van der Waals surface area contributed by atoms with Crippen molar-refractivity contribution in [3.63, 3.8) is 0 Å². The minimum atomic E-state index is 0.167. The molecule has 0 saturated heterocycles. The summed E-state index contributed by atoms with van der Waals surface area (Å²) in [5.41, 5.74) is 5.76. The van der Waals surface area contributed by atoms with Gasteiger partial charge in [-0.05, 0) is 12.0 Å².